The molecule has 0 heterocycles. The van der Waals surface area contributed by atoms with E-state index in [-0.39, 0.29) is 31.7 Å². The fourth-order valence-corrected chi connectivity index (χ4v) is 3.71. The second-order valence-corrected chi connectivity index (χ2v) is 8.59. The number of ether oxygens (including phenoxy) is 3. The van der Waals surface area contributed by atoms with E-state index in [2.05, 4.69) is 0 Å². The van der Waals surface area contributed by atoms with Gasteiger partial charge in [-0.25, -0.2) is 0 Å². The second kappa shape index (κ2) is 14.7. The summed E-state index contributed by atoms with van der Waals surface area (Å²) < 4.78 is 16.8. The first-order valence-electron chi connectivity index (χ1n) is 12.0. The highest BCUT2D eigenvalue weighted by Gasteiger charge is 2.33. The van der Waals surface area contributed by atoms with Crippen LogP contribution in [0.15, 0.2) is 96.0 Å². The highest BCUT2D eigenvalue weighted by Crippen LogP contribution is 2.17. The third-order valence-corrected chi connectivity index (χ3v) is 5.60. The molecule has 6 heteroatoms. The Morgan fingerprint density at radius 3 is 1.83 bits per heavy atom. The van der Waals surface area contributed by atoms with Crippen molar-refractivity contribution >= 4 is 17.5 Å². The van der Waals surface area contributed by atoms with Crippen molar-refractivity contribution in [2.75, 3.05) is 13.4 Å². The van der Waals surface area contributed by atoms with E-state index in [0.717, 1.165) is 16.7 Å². The van der Waals surface area contributed by atoms with E-state index in [1.165, 1.54) is 6.92 Å². The Balaban J connectivity index is 1.66. The molecule has 0 aromatic heterocycles. The molecular formula is C30H33NO5. The smallest absolute Gasteiger partial charge is 0.322 e. The van der Waals surface area contributed by atoms with Crippen LogP contribution in [0.5, 0.6) is 0 Å². The number of ketones is 1. The Kier molecular flexibility index (Phi) is 11.0. The van der Waals surface area contributed by atoms with Gasteiger partial charge in [-0.1, -0.05) is 97.9 Å². The third-order valence-electron chi connectivity index (χ3n) is 5.60. The summed E-state index contributed by atoms with van der Waals surface area (Å²) in [7, 11) is 0. The van der Waals surface area contributed by atoms with E-state index in [0.29, 0.717) is 18.9 Å². The van der Waals surface area contributed by atoms with Crippen molar-refractivity contribution in [1.29, 1.82) is 0 Å². The zero-order chi connectivity index (χ0) is 25.6. The summed E-state index contributed by atoms with van der Waals surface area (Å²) >= 11 is 0. The molecule has 0 aliphatic heterocycles. The first-order chi connectivity index (χ1) is 17.5. The molecule has 0 saturated carbocycles. The quantitative estimate of drug-likeness (QED) is 0.100. The van der Waals surface area contributed by atoms with Crippen molar-refractivity contribution in [3.63, 3.8) is 0 Å². The number of hydrogen-bond acceptors (Lipinski definition) is 6. The summed E-state index contributed by atoms with van der Waals surface area (Å²) in [6.45, 7) is 4.50. The van der Waals surface area contributed by atoms with Gasteiger partial charge in [0.15, 0.2) is 5.92 Å². The van der Waals surface area contributed by atoms with Crippen LogP contribution in [0.4, 0.5) is 0 Å². The fourth-order valence-electron chi connectivity index (χ4n) is 3.71. The Hall–Kier alpha value is -3.61. The lowest BCUT2D eigenvalue weighted by atomic mass is 9.90. The largest absolute Gasteiger partial charge is 0.460 e. The Bertz CT molecular complexity index is 1100. The van der Waals surface area contributed by atoms with Crippen LogP contribution in [0, 0.1) is 11.8 Å². The monoisotopic (exact) mass is 487 g/mol. The number of esters is 1. The van der Waals surface area contributed by atoms with Crippen LogP contribution in [0.25, 0.3) is 0 Å². The molecule has 0 aliphatic carbocycles. The number of rotatable bonds is 14. The van der Waals surface area contributed by atoms with Crippen molar-refractivity contribution < 1.29 is 23.8 Å². The predicted octanol–water partition coefficient (Wildman–Crippen LogP) is 5.40. The minimum atomic E-state index is -1.10. The molecule has 0 amide bonds. The van der Waals surface area contributed by atoms with Gasteiger partial charge in [-0.05, 0) is 23.6 Å². The molecule has 0 spiro atoms. The second-order valence-electron chi connectivity index (χ2n) is 8.59. The molecule has 36 heavy (non-hydrogen) atoms. The van der Waals surface area contributed by atoms with Gasteiger partial charge < -0.3 is 14.2 Å². The Morgan fingerprint density at radius 2 is 1.28 bits per heavy atom. The van der Waals surface area contributed by atoms with Crippen LogP contribution in [0.3, 0.4) is 0 Å². The van der Waals surface area contributed by atoms with Crippen LogP contribution in [-0.4, -0.2) is 30.9 Å². The molecule has 0 bridgehead atoms. The van der Waals surface area contributed by atoms with Gasteiger partial charge >= 0.3 is 5.97 Å². The van der Waals surface area contributed by atoms with Crippen molar-refractivity contribution in [3.05, 3.63) is 108 Å². The zero-order valence-corrected chi connectivity index (χ0v) is 20.8. The zero-order valence-electron chi connectivity index (χ0n) is 20.8. The number of aliphatic imine (C=N–C) groups is 1. The lowest BCUT2D eigenvalue weighted by Gasteiger charge is -2.22. The lowest BCUT2D eigenvalue weighted by molar-refractivity contribution is -0.150. The van der Waals surface area contributed by atoms with Crippen LogP contribution >= 0.6 is 0 Å². The van der Waals surface area contributed by atoms with Gasteiger partial charge in [0.05, 0.1) is 19.8 Å². The number of nitrogens with zero attached hydrogens (tertiary/aromatic N) is 1. The molecule has 3 aromatic rings. The van der Waals surface area contributed by atoms with Crippen LogP contribution in [0.2, 0.25) is 0 Å². The van der Waals surface area contributed by atoms with Gasteiger partial charge in [0.25, 0.3) is 0 Å². The first-order valence-corrected chi connectivity index (χ1v) is 12.0. The Labute approximate surface area is 212 Å². The van der Waals surface area contributed by atoms with Gasteiger partial charge in [0, 0.05) is 11.6 Å². The summed E-state index contributed by atoms with van der Waals surface area (Å²) in [5, 5.41) is 0. The maximum atomic E-state index is 13.1. The van der Waals surface area contributed by atoms with Crippen molar-refractivity contribution in [2.24, 2.45) is 16.8 Å². The maximum absolute atomic E-state index is 13.1. The SMILES string of the molecule is CC(=O)C(C(=O)OCc1ccccc1)C(=NCc1ccccc1)C(C)COCOCc1ccccc1. The van der Waals surface area contributed by atoms with E-state index in [1.807, 2.05) is 97.9 Å². The van der Waals surface area contributed by atoms with Crippen LogP contribution in [0.1, 0.15) is 30.5 Å². The fraction of sp³-hybridized carbons (Fsp3) is 0.300. The molecule has 2 unspecified atom stereocenters. The first kappa shape index (κ1) is 27.0. The molecule has 0 saturated heterocycles. The molecule has 3 rings (SSSR count). The highest BCUT2D eigenvalue weighted by molar-refractivity contribution is 6.19. The topological polar surface area (TPSA) is 74.2 Å². The summed E-state index contributed by atoms with van der Waals surface area (Å²) in [5.41, 5.74) is 3.33. The van der Waals surface area contributed by atoms with E-state index in [4.69, 9.17) is 19.2 Å². The minimum absolute atomic E-state index is 0.0909. The van der Waals surface area contributed by atoms with Crippen LogP contribution in [-0.2, 0) is 43.6 Å². The van der Waals surface area contributed by atoms with E-state index < -0.39 is 11.9 Å². The maximum Gasteiger partial charge on any atom is 0.322 e. The lowest BCUT2D eigenvalue weighted by Crippen LogP contribution is -2.37. The molecule has 188 valence electrons. The van der Waals surface area contributed by atoms with Gasteiger partial charge in [-0.3, -0.25) is 14.6 Å². The van der Waals surface area contributed by atoms with Crippen molar-refractivity contribution in [2.45, 2.75) is 33.6 Å². The normalized spacial score (nSPS) is 13.1. The average Bonchev–Trinajstić information content (AvgIpc) is 2.91. The van der Waals surface area contributed by atoms with Gasteiger partial charge in [-0.15, -0.1) is 0 Å². The molecule has 0 fully saturated rings. The van der Waals surface area contributed by atoms with Crippen LogP contribution < -0.4 is 0 Å². The summed E-state index contributed by atoms with van der Waals surface area (Å²) in [5.74, 6) is -2.31. The summed E-state index contributed by atoms with van der Waals surface area (Å²) in [4.78, 5) is 30.4. The standard InChI is InChI=1S/C30H33NO5/c1-23(19-34-22-35-20-26-14-8-4-9-15-26)29(31-18-25-12-6-3-7-13-25)28(24(2)32)30(33)36-21-27-16-10-5-11-17-27/h3-17,23,28H,18-22H2,1-2H3. The van der Waals surface area contributed by atoms with Crippen molar-refractivity contribution in [1.82, 2.24) is 0 Å². The van der Waals surface area contributed by atoms with Gasteiger partial charge in [-0.2, -0.15) is 0 Å². The van der Waals surface area contributed by atoms with Gasteiger partial charge in [0.2, 0.25) is 0 Å². The average molecular weight is 488 g/mol. The van der Waals surface area contributed by atoms with Gasteiger partial charge in [0.1, 0.15) is 19.2 Å². The molecule has 0 aliphatic rings. The number of Topliss-reactive ketones (excluding diaryl/α,β-unsaturated/α-hetero) is 1. The molecule has 0 N–H and O–H groups in total. The summed E-state index contributed by atoms with van der Waals surface area (Å²) in [6, 6.07) is 28.9. The minimum Gasteiger partial charge on any atom is -0.460 e. The third kappa shape index (κ3) is 8.87. The molecular weight excluding hydrogens is 454 g/mol. The van der Waals surface area contributed by atoms with E-state index in [9.17, 15) is 9.59 Å². The Morgan fingerprint density at radius 1 is 0.750 bits per heavy atom. The van der Waals surface area contributed by atoms with Crippen molar-refractivity contribution in [3.8, 4) is 0 Å². The number of hydrogen-bond donors (Lipinski definition) is 0. The molecule has 6 nitrogen and oxygen atoms in total. The highest BCUT2D eigenvalue weighted by atomic mass is 16.7. The molecule has 3 aromatic carbocycles. The molecule has 0 radical (unpaired) electrons. The van der Waals surface area contributed by atoms with E-state index >= 15 is 0 Å². The van der Waals surface area contributed by atoms with E-state index in [1.54, 1.807) is 0 Å². The number of benzene rings is 3. The molecule has 2 atom stereocenters. The number of carbonyl (C=O) groups is 2. The number of carbonyl (C=O) groups excluding carboxylic acids is 2. The summed E-state index contributed by atoms with van der Waals surface area (Å²) in [6.07, 6.45) is 0. The predicted molar refractivity (Wildman–Crippen MR) is 139 cm³/mol.